The molecule has 136 valence electrons. The number of nitrogens with zero attached hydrogens (tertiary/aromatic N) is 4. The molecule has 6 nitrogen and oxygen atoms in total. The van der Waals surface area contributed by atoms with Crippen LogP contribution in [0.2, 0.25) is 0 Å². The lowest BCUT2D eigenvalue weighted by Gasteiger charge is -2.10. The van der Waals surface area contributed by atoms with Crippen molar-refractivity contribution in [3.63, 3.8) is 0 Å². The average Bonchev–Trinajstić information content (AvgIpc) is 3.25. The summed E-state index contributed by atoms with van der Waals surface area (Å²) in [5.41, 5.74) is 5.15. The lowest BCUT2D eigenvalue weighted by atomic mass is 10.1. The summed E-state index contributed by atoms with van der Waals surface area (Å²) < 4.78 is 7.44. The second-order valence-electron chi connectivity index (χ2n) is 7.04. The Hall–Kier alpha value is -2.28. The van der Waals surface area contributed by atoms with Crippen molar-refractivity contribution in [2.75, 3.05) is 6.61 Å². The zero-order chi connectivity index (χ0) is 18.3. The van der Waals surface area contributed by atoms with Crippen LogP contribution in [-0.4, -0.2) is 32.3 Å². The van der Waals surface area contributed by atoms with Gasteiger partial charge in [-0.15, -0.1) is 11.3 Å². The Morgan fingerprint density at radius 1 is 1.42 bits per heavy atom. The van der Waals surface area contributed by atoms with Gasteiger partial charge in [0.1, 0.15) is 0 Å². The summed E-state index contributed by atoms with van der Waals surface area (Å²) in [5.74, 6) is 0.158. The topological polar surface area (TPSA) is 69.9 Å². The van der Waals surface area contributed by atoms with Crippen LogP contribution in [0.15, 0.2) is 17.8 Å². The monoisotopic (exact) mass is 370 g/mol. The number of carbonyl (C=O) groups excluding carboxylic acids is 1. The van der Waals surface area contributed by atoms with E-state index in [1.54, 1.807) is 17.5 Å². The van der Waals surface area contributed by atoms with Gasteiger partial charge < -0.3 is 4.74 Å². The second kappa shape index (κ2) is 6.79. The molecule has 3 aromatic rings. The van der Waals surface area contributed by atoms with Gasteiger partial charge in [-0.3, -0.25) is 0 Å². The van der Waals surface area contributed by atoms with Crippen molar-refractivity contribution in [1.29, 1.82) is 0 Å². The number of esters is 1. The van der Waals surface area contributed by atoms with Crippen LogP contribution < -0.4 is 0 Å². The van der Waals surface area contributed by atoms with Gasteiger partial charge in [-0.05, 0) is 39.7 Å². The molecule has 0 aliphatic heterocycles. The zero-order valence-electron chi connectivity index (χ0n) is 15.2. The highest BCUT2D eigenvalue weighted by atomic mass is 32.1. The zero-order valence-corrected chi connectivity index (χ0v) is 16.0. The summed E-state index contributed by atoms with van der Waals surface area (Å²) in [5, 5.41) is 5.20. The van der Waals surface area contributed by atoms with E-state index in [-0.39, 0.29) is 12.0 Å². The van der Waals surface area contributed by atoms with Gasteiger partial charge in [0.05, 0.1) is 35.0 Å². The van der Waals surface area contributed by atoms with E-state index in [9.17, 15) is 4.79 Å². The lowest BCUT2D eigenvalue weighted by Crippen LogP contribution is -2.11. The van der Waals surface area contributed by atoms with Gasteiger partial charge in [-0.1, -0.05) is 0 Å². The van der Waals surface area contributed by atoms with Crippen LogP contribution in [0.25, 0.3) is 11.0 Å². The summed E-state index contributed by atoms with van der Waals surface area (Å²) in [4.78, 5) is 22.9. The molecule has 0 N–H and O–H groups in total. The van der Waals surface area contributed by atoms with Crippen LogP contribution in [0.5, 0.6) is 0 Å². The number of fused-ring (bicyclic) bond motifs is 1. The molecule has 1 saturated carbocycles. The molecule has 4 rings (SSSR count). The number of hydrogen-bond acceptors (Lipinski definition) is 6. The molecule has 0 radical (unpaired) electrons. The molecular formula is C19H22N4O2S. The summed E-state index contributed by atoms with van der Waals surface area (Å²) >= 11 is 1.59. The van der Waals surface area contributed by atoms with Crippen molar-refractivity contribution in [3.05, 3.63) is 39.6 Å². The lowest BCUT2D eigenvalue weighted by molar-refractivity contribution is 0.0512. The van der Waals surface area contributed by atoms with Gasteiger partial charge in [0.25, 0.3) is 0 Å². The fourth-order valence-electron chi connectivity index (χ4n) is 3.05. The number of pyridine rings is 1. The van der Waals surface area contributed by atoms with Crippen molar-refractivity contribution in [2.24, 2.45) is 0 Å². The van der Waals surface area contributed by atoms with E-state index in [0.717, 1.165) is 40.1 Å². The number of hydrogen-bond donors (Lipinski definition) is 0. The quantitative estimate of drug-likeness (QED) is 0.612. The van der Waals surface area contributed by atoms with Crippen LogP contribution in [0.1, 0.15) is 65.3 Å². The average molecular weight is 370 g/mol. The summed E-state index contributed by atoms with van der Waals surface area (Å²) in [6.45, 7) is 6.45. The molecule has 3 aromatic heterocycles. The first kappa shape index (κ1) is 17.1. The molecule has 0 aromatic carbocycles. The molecule has 26 heavy (non-hydrogen) atoms. The maximum absolute atomic E-state index is 12.7. The van der Waals surface area contributed by atoms with Crippen LogP contribution >= 0.6 is 11.3 Å². The largest absolute Gasteiger partial charge is 0.462 e. The van der Waals surface area contributed by atoms with Gasteiger partial charge in [0.15, 0.2) is 5.65 Å². The maximum atomic E-state index is 12.7. The van der Waals surface area contributed by atoms with E-state index < -0.39 is 0 Å². The number of aromatic nitrogens is 4. The minimum Gasteiger partial charge on any atom is -0.462 e. The van der Waals surface area contributed by atoms with E-state index in [1.165, 1.54) is 0 Å². The van der Waals surface area contributed by atoms with Gasteiger partial charge >= 0.3 is 5.97 Å². The molecule has 3 heterocycles. The number of rotatable bonds is 6. The Morgan fingerprint density at radius 2 is 2.23 bits per heavy atom. The number of aryl methyl sites for hydroxylation is 1. The van der Waals surface area contributed by atoms with Crippen molar-refractivity contribution in [2.45, 2.75) is 52.0 Å². The van der Waals surface area contributed by atoms with E-state index in [4.69, 9.17) is 9.72 Å². The highest BCUT2D eigenvalue weighted by Gasteiger charge is 2.28. The van der Waals surface area contributed by atoms with Crippen molar-refractivity contribution in [1.82, 2.24) is 19.7 Å². The van der Waals surface area contributed by atoms with E-state index in [1.807, 2.05) is 23.2 Å². The SMILES string of the molecule is Cc1ncsc1CCOC(=O)c1cc(C2CC2)nc2c1cnn2C(C)C. The van der Waals surface area contributed by atoms with Crippen molar-refractivity contribution < 1.29 is 9.53 Å². The molecule has 0 saturated heterocycles. The predicted molar refractivity (Wildman–Crippen MR) is 101 cm³/mol. The second-order valence-corrected chi connectivity index (χ2v) is 7.98. The number of ether oxygens (including phenoxy) is 1. The van der Waals surface area contributed by atoms with Crippen LogP contribution in [0.4, 0.5) is 0 Å². The standard InChI is InChI=1S/C19H22N4O2S/c1-11(2)23-18-15(9-21-23)14(8-16(22-18)13-4-5-13)19(24)25-7-6-17-12(3)20-10-26-17/h8-11,13H,4-7H2,1-3H3. The van der Waals surface area contributed by atoms with E-state index in [0.29, 0.717) is 24.5 Å². The number of thiazole rings is 1. The Kier molecular flexibility index (Phi) is 4.48. The minimum absolute atomic E-state index is 0.188. The minimum atomic E-state index is -0.301. The molecule has 0 bridgehead atoms. The molecule has 1 fully saturated rings. The van der Waals surface area contributed by atoms with Crippen LogP contribution in [0, 0.1) is 6.92 Å². The fourth-order valence-corrected chi connectivity index (χ4v) is 3.82. The Balaban J connectivity index is 1.60. The molecule has 0 unspecified atom stereocenters. The van der Waals surface area contributed by atoms with Gasteiger partial charge in [-0.2, -0.15) is 5.10 Å². The smallest absolute Gasteiger partial charge is 0.339 e. The van der Waals surface area contributed by atoms with Crippen molar-refractivity contribution >= 4 is 28.3 Å². The highest BCUT2D eigenvalue weighted by Crippen LogP contribution is 2.40. The molecule has 0 spiro atoms. The van der Waals surface area contributed by atoms with Gasteiger partial charge in [-0.25, -0.2) is 19.4 Å². The van der Waals surface area contributed by atoms with Crippen molar-refractivity contribution in [3.8, 4) is 0 Å². The first-order valence-corrected chi connectivity index (χ1v) is 9.86. The third-order valence-corrected chi connectivity index (χ3v) is 5.69. The highest BCUT2D eigenvalue weighted by molar-refractivity contribution is 7.09. The molecule has 0 atom stereocenters. The predicted octanol–water partition coefficient (Wildman–Crippen LogP) is 4.05. The van der Waals surface area contributed by atoms with Gasteiger partial charge in [0.2, 0.25) is 0 Å². The fraction of sp³-hybridized carbons (Fsp3) is 0.474. The molecule has 1 aliphatic carbocycles. The number of carbonyl (C=O) groups is 1. The Morgan fingerprint density at radius 3 is 2.88 bits per heavy atom. The molecular weight excluding hydrogens is 348 g/mol. The molecule has 7 heteroatoms. The maximum Gasteiger partial charge on any atom is 0.339 e. The third kappa shape index (κ3) is 3.23. The van der Waals surface area contributed by atoms with E-state index >= 15 is 0 Å². The molecule has 1 aliphatic rings. The van der Waals surface area contributed by atoms with Crippen LogP contribution in [-0.2, 0) is 11.2 Å². The summed E-state index contributed by atoms with van der Waals surface area (Å²) in [7, 11) is 0. The van der Waals surface area contributed by atoms with Gasteiger partial charge in [0, 0.05) is 29.0 Å². The molecule has 0 amide bonds. The summed E-state index contributed by atoms with van der Waals surface area (Å²) in [6.07, 6.45) is 4.68. The van der Waals surface area contributed by atoms with E-state index in [2.05, 4.69) is 23.9 Å². The van der Waals surface area contributed by atoms with Crippen LogP contribution in [0.3, 0.4) is 0 Å². The first-order valence-electron chi connectivity index (χ1n) is 8.99. The summed E-state index contributed by atoms with van der Waals surface area (Å²) in [6, 6.07) is 2.08. The Bertz CT molecular complexity index is 956. The normalized spacial score (nSPS) is 14.3. The third-order valence-electron chi connectivity index (χ3n) is 4.70. The first-order chi connectivity index (χ1) is 12.5. The Labute approximate surface area is 156 Å².